The number of aromatic nitrogens is 5. The van der Waals surface area contributed by atoms with Crippen LogP contribution >= 0.6 is 11.3 Å². The molecule has 5 rings (SSSR count). The Balaban J connectivity index is 1.35. The number of anilines is 2. The van der Waals surface area contributed by atoms with Crippen LogP contribution in [0, 0.1) is 0 Å². The van der Waals surface area contributed by atoms with Crippen LogP contribution in [0.4, 0.5) is 11.1 Å². The number of fused-ring (bicyclic) bond motifs is 3. The molecule has 0 spiro atoms. The van der Waals surface area contributed by atoms with Crippen LogP contribution in [0.15, 0.2) is 11.6 Å². The second-order valence-corrected chi connectivity index (χ2v) is 10.1. The number of carbonyl (C=O) groups is 1. The van der Waals surface area contributed by atoms with E-state index in [1.54, 1.807) is 6.20 Å². The van der Waals surface area contributed by atoms with Gasteiger partial charge < -0.3 is 11.5 Å². The Hall–Kier alpha value is -2.89. The molecule has 3 aromatic heterocycles. The fourth-order valence-electron chi connectivity index (χ4n) is 4.59. The number of amides is 1. The van der Waals surface area contributed by atoms with Gasteiger partial charge in [-0.05, 0) is 30.2 Å². The summed E-state index contributed by atoms with van der Waals surface area (Å²) in [5.41, 5.74) is 16.0. The Labute approximate surface area is 189 Å². The molecule has 1 fully saturated rings. The highest BCUT2D eigenvalue weighted by molar-refractivity contribution is 7.14. The lowest BCUT2D eigenvalue weighted by atomic mass is 9.73. The molecular formula is C21H27N9OS. The SMILES string of the molecule is CC1(C)Cc2cnc(N)nc2-c2n[nH]c(C(=O)Nc3nc(CN4CCC(N)CC4)cs3)c21. The predicted molar refractivity (Wildman–Crippen MR) is 123 cm³/mol. The molecule has 0 unspecified atom stereocenters. The number of nitrogen functional groups attached to an aromatic ring is 1. The van der Waals surface area contributed by atoms with Gasteiger partial charge in [-0.3, -0.25) is 20.1 Å². The number of nitrogens with one attached hydrogen (secondary N) is 2. The van der Waals surface area contributed by atoms with E-state index in [1.807, 2.05) is 5.38 Å². The van der Waals surface area contributed by atoms with E-state index < -0.39 is 0 Å². The monoisotopic (exact) mass is 453 g/mol. The third-order valence-electron chi connectivity index (χ3n) is 6.20. The van der Waals surface area contributed by atoms with E-state index in [4.69, 9.17) is 11.5 Å². The topological polar surface area (TPSA) is 152 Å². The lowest BCUT2D eigenvalue weighted by Crippen LogP contribution is -2.39. The van der Waals surface area contributed by atoms with Gasteiger partial charge in [0.05, 0.1) is 11.4 Å². The normalized spacial score (nSPS) is 18.2. The van der Waals surface area contributed by atoms with Crippen molar-refractivity contribution in [3.05, 3.63) is 34.1 Å². The van der Waals surface area contributed by atoms with E-state index in [0.717, 1.165) is 49.3 Å². The predicted octanol–water partition coefficient (Wildman–Crippen LogP) is 1.91. The van der Waals surface area contributed by atoms with Crippen LogP contribution in [0.5, 0.6) is 0 Å². The molecule has 1 amide bonds. The van der Waals surface area contributed by atoms with E-state index in [9.17, 15) is 4.79 Å². The van der Waals surface area contributed by atoms with Gasteiger partial charge in [0.25, 0.3) is 5.91 Å². The van der Waals surface area contributed by atoms with Gasteiger partial charge in [-0.2, -0.15) is 5.10 Å². The van der Waals surface area contributed by atoms with Gasteiger partial charge in [0.2, 0.25) is 5.95 Å². The maximum atomic E-state index is 13.2. The second kappa shape index (κ2) is 7.91. The molecule has 0 saturated carbocycles. The molecule has 1 aliphatic heterocycles. The molecule has 11 heteroatoms. The number of piperidine rings is 1. The van der Waals surface area contributed by atoms with E-state index in [2.05, 4.69) is 49.2 Å². The molecule has 32 heavy (non-hydrogen) atoms. The fraction of sp³-hybridized carbons (Fsp3) is 0.476. The zero-order valence-electron chi connectivity index (χ0n) is 18.2. The molecule has 4 heterocycles. The van der Waals surface area contributed by atoms with Gasteiger partial charge in [-0.1, -0.05) is 13.8 Å². The molecule has 0 atom stereocenters. The van der Waals surface area contributed by atoms with Crippen molar-refractivity contribution in [1.29, 1.82) is 0 Å². The summed E-state index contributed by atoms with van der Waals surface area (Å²) in [5.74, 6) is -0.0726. The molecule has 1 aliphatic carbocycles. The summed E-state index contributed by atoms with van der Waals surface area (Å²) in [6.07, 6.45) is 4.45. The summed E-state index contributed by atoms with van der Waals surface area (Å²) in [6, 6.07) is 0.302. The summed E-state index contributed by atoms with van der Waals surface area (Å²) in [5, 5.41) is 12.8. The van der Waals surface area contributed by atoms with Crippen LogP contribution in [0.3, 0.4) is 0 Å². The number of hydrogen-bond donors (Lipinski definition) is 4. The first-order valence-electron chi connectivity index (χ1n) is 10.7. The number of carbonyl (C=O) groups excluding carboxylic acids is 1. The van der Waals surface area contributed by atoms with Crippen LogP contribution in [-0.2, 0) is 18.4 Å². The van der Waals surface area contributed by atoms with Crippen molar-refractivity contribution in [2.45, 2.75) is 51.1 Å². The number of aromatic amines is 1. The van der Waals surface area contributed by atoms with Gasteiger partial charge >= 0.3 is 0 Å². The Bertz CT molecular complexity index is 1160. The number of nitrogens with zero attached hydrogens (tertiary/aromatic N) is 5. The van der Waals surface area contributed by atoms with E-state index >= 15 is 0 Å². The third-order valence-corrected chi connectivity index (χ3v) is 7.01. The van der Waals surface area contributed by atoms with E-state index in [0.29, 0.717) is 34.7 Å². The minimum absolute atomic E-state index is 0.189. The summed E-state index contributed by atoms with van der Waals surface area (Å²) in [6.45, 7) is 6.90. The van der Waals surface area contributed by atoms with Crippen LogP contribution in [0.2, 0.25) is 0 Å². The zero-order chi connectivity index (χ0) is 22.5. The fourth-order valence-corrected chi connectivity index (χ4v) is 5.29. The van der Waals surface area contributed by atoms with Crippen molar-refractivity contribution in [3.63, 3.8) is 0 Å². The van der Waals surface area contributed by atoms with Crippen molar-refractivity contribution >= 4 is 28.3 Å². The molecule has 0 aromatic carbocycles. The number of likely N-dealkylation sites (tertiary alicyclic amines) is 1. The second-order valence-electron chi connectivity index (χ2n) is 9.20. The number of hydrogen-bond acceptors (Lipinski definition) is 9. The largest absolute Gasteiger partial charge is 0.368 e. The zero-order valence-corrected chi connectivity index (χ0v) is 19.0. The number of thiazole rings is 1. The van der Waals surface area contributed by atoms with E-state index in [-0.39, 0.29) is 17.3 Å². The maximum Gasteiger partial charge on any atom is 0.275 e. The lowest BCUT2D eigenvalue weighted by molar-refractivity contribution is 0.102. The van der Waals surface area contributed by atoms with Gasteiger partial charge in [0.1, 0.15) is 11.4 Å². The number of H-pyrrole nitrogens is 1. The average Bonchev–Trinajstić information content (AvgIpc) is 3.38. The molecule has 1 saturated heterocycles. The van der Waals surface area contributed by atoms with Crippen molar-refractivity contribution in [3.8, 4) is 11.4 Å². The summed E-state index contributed by atoms with van der Waals surface area (Å²) in [7, 11) is 0. The highest BCUT2D eigenvalue weighted by Gasteiger charge is 2.38. The van der Waals surface area contributed by atoms with Crippen molar-refractivity contribution in [1.82, 2.24) is 30.0 Å². The minimum Gasteiger partial charge on any atom is -0.368 e. The Morgan fingerprint density at radius 3 is 2.88 bits per heavy atom. The molecule has 10 nitrogen and oxygen atoms in total. The van der Waals surface area contributed by atoms with Crippen LogP contribution in [0.25, 0.3) is 11.4 Å². The molecule has 168 valence electrons. The highest BCUT2D eigenvalue weighted by atomic mass is 32.1. The van der Waals surface area contributed by atoms with E-state index in [1.165, 1.54) is 11.3 Å². The van der Waals surface area contributed by atoms with Crippen molar-refractivity contribution < 1.29 is 4.79 Å². The molecule has 6 N–H and O–H groups in total. The van der Waals surface area contributed by atoms with Crippen LogP contribution < -0.4 is 16.8 Å². The Kier molecular flexibility index (Phi) is 5.19. The Morgan fingerprint density at radius 2 is 2.09 bits per heavy atom. The first kappa shape index (κ1) is 21.0. The molecule has 0 radical (unpaired) electrons. The Morgan fingerprint density at radius 1 is 1.31 bits per heavy atom. The van der Waals surface area contributed by atoms with Gasteiger partial charge in [-0.15, -0.1) is 11.3 Å². The molecule has 2 aliphatic rings. The van der Waals surface area contributed by atoms with Crippen LogP contribution in [0.1, 0.15) is 54.0 Å². The summed E-state index contributed by atoms with van der Waals surface area (Å²) in [4.78, 5) is 28.6. The summed E-state index contributed by atoms with van der Waals surface area (Å²) < 4.78 is 0. The lowest BCUT2D eigenvalue weighted by Gasteiger charge is -2.30. The average molecular weight is 454 g/mol. The standard InChI is InChI=1S/C21H27N9OS/c1-21(2)7-11-8-24-19(23)26-15(11)16-14(21)17(29-28-16)18(31)27-20-25-13(10-32-20)9-30-5-3-12(22)4-6-30/h8,10,12H,3-7,9,22H2,1-2H3,(H,28,29)(H2,23,24,26)(H,25,27,31). The molecular weight excluding hydrogens is 426 g/mol. The smallest absolute Gasteiger partial charge is 0.275 e. The quantitative estimate of drug-likeness (QED) is 0.467. The van der Waals surface area contributed by atoms with Crippen LogP contribution in [-0.4, -0.2) is 55.1 Å². The first-order chi connectivity index (χ1) is 15.3. The van der Waals surface area contributed by atoms with Crippen molar-refractivity contribution in [2.75, 3.05) is 24.1 Å². The maximum absolute atomic E-state index is 13.2. The van der Waals surface area contributed by atoms with Crippen molar-refractivity contribution in [2.24, 2.45) is 5.73 Å². The van der Waals surface area contributed by atoms with Gasteiger partial charge in [0.15, 0.2) is 5.13 Å². The minimum atomic E-state index is -0.315. The first-order valence-corrected chi connectivity index (χ1v) is 11.6. The number of nitrogens with two attached hydrogens (primary N) is 2. The molecule has 0 bridgehead atoms. The summed E-state index contributed by atoms with van der Waals surface area (Å²) >= 11 is 1.43. The van der Waals surface area contributed by atoms with Gasteiger partial charge in [-0.25, -0.2) is 15.0 Å². The third kappa shape index (κ3) is 3.87. The number of rotatable bonds is 4. The van der Waals surface area contributed by atoms with Gasteiger partial charge in [0, 0.05) is 42.8 Å². The molecule has 3 aromatic rings. The highest BCUT2D eigenvalue weighted by Crippen LogP contribution is 2.42.